The minimum absolute atomic E-state index is 0.115. The van der Waals surface area contributed by atoms with E-state index in [4.69, 9.17) is 4.74 Å². The van der Waals surface area contributed by atoms with Gasteiger partial charge in [-0.2, -0.15) is 0 Å². The number of ether oxygens (including phenoxy) is 1. The molecule has 2 rings (SSSR count). The number of methoxy groups -OCH3 is 1. The maximum atomic E-state index is 12.7. The van der Waals surface area contributed by atoms with Crippen LogP contribution in [0.4, 0.5) is 0 Å². The molecule has 0 spiro atoms. The molecule has 0 aromatic heterocycles. The summed E-state index contributed by atoms with van der Waals surface area (Å²) < 4.78 is 5.61. The number of likely N-dealkylation sites (tertiary alicyclic amines) is 1. The summed E-state index contributed by atoms with van der Waals surface area (Å²) in [7, 11) is 1.36. The SMILES string of the molecule is COC(=O)C1CCCCN1C(=O)c1cccc(C)c1Br. The summed E-state index contributed by atoms with van der Waals surface area (Å²) in [6.45, 7) is 2.54. The average Bonchev–Trinajstić information content (AvgIpc) is 2.48. The first-order valence-electron chi connectivity index (χ1n) is 6.70. The van der Waals surface area contributed by atoms with E-state index in [-0.39, 0.29) is 11.9 Å². The number of hydrogen-bond donors (Lipinski definition) is 0. The van der Waals surface area contributed by atoms with E-state index < -0.39 is 6.04 Å². The molecule has 1 fully saturated rings. The summed E-state index contributed by atoms with van der Waals surface area (Å²) in [5, 5.41) is 0. The van der Waals surface area contributed by atoms with Crippen molar-refractivity contribution in [2.45, 2.75) is 32.2 Å². The van der Waals surface area contributed by atoms with Gasteiger partial charge in [0.05, 0.1) is 12.7 Å². The van der Waals surface area contributed by atoms with Crippen LogP contribution in [0.15, 0.2) is 22.7 Å². The van der Waals surface area contributed by atoms with Crippen LogP contribution in [0.1, 0.15) is 35.2 Å². The number of carbonyl (C=O) groups is 2. The van der Waals surface area contributed by atoms with Crippen molar-refractivity contribution in [3.05, 3.63) is 33.8 Å². The number of nitrogens with zero attached hydrogens (tertiary/aromatic N) is 1. The minimum Gasteiger partial charge on any atom is -0.467 e. The van der Waals surface area contributed by atoms with Gasteiger partial charge < -0.3 is 9.64 Å². The van der Waals surface area contributed by atoms with Crippen LogP contribution in [0.5, 0.6) is 0 Å². The lowest BCUT2D eigenvalue weighted by molar-refractivity contribution is -0.147. The van der Waals surface area contributed by atoms with Gasteiger partial charge in [0.2, 0.25) is 0 Å². The Morgan fingerprint density at radius 3 is 2.80 bits per heavy atom. The highest BCUT2D eigenvalue weighted by Gasteiger charge is 2.33. The minimum atomic E-state index is -0.464. The molecule has 108 valence electrons. The standard InChI is InChI=1S/C15H18BrNO3/c1-10-6-5-7-11(13(10)16)14(18)17-9-4-3-8-12(17)15(19)20-2/h5-7,12H,3-4,8-9H2,1-2H3. The quantitative estimate of drug-likeness (QED) is 0.778. The lowest BCUT2D eigenvalue weighted by atomic mass is 10.0. The molecule has 1 saturated heterocycles. The largest absolute Gasteiger partial charge is 0.467 e. The van der Waals surface area contributed by atoms with Gasteiger partial charge in [-0.05, 0) is 53.7 Å². The van der Waals surface area contributed by atoms with Crippen molar-refractivity contribution in [1.82, 2.24) is 4.90 Å². The third kappa shape index (κ3) is 2.87. The van der Waals surface area contributed by atoms with E-state index in [1.807, 2.05) is 19.1 Å². The maximum Gasteiger partial charge on any atom is 0.328 e. The summed E-state index contributed by atoms with van der Waals surface area (Å²) in [6, 6.07) is 5.11. The van der Waals surface area contributed by atoms with Crippen LogP contribution in [0.2, 0.25) is 0 Å². The monoisotopic (exact) mass is 339 g/mol. The lowest BCUT2D eigenvalue weighted by Crippen LogP contribution is -2.48. The van der Waals surface area contributed by atoms with E-state index in [0.29, 0.717) is 18.5 Å². The molecule has 4 nitrogen and oxygen atoms in total. The van der Waals surface area contributed by atoms with Gasteiger partial charge in [-0.3, -0.25) is 4.79 Å². The molecular weight excluding hydrogens is 322 g/mol. The zero-order valence-electron chi connectivity index (χ0n) is 11.7. The summed E-state index contributed by atoms with van der Waals surface area (Å²) in [6.07, 6.45) is 2.53. The van der Waals surface area contributed by atoms with Crippen LogP contribution in [0.25, 0.3) is 0 Å². The highest BCUT2D eigenvalue weighted by atomic mass is 79.9. The van der Waals surface area contributed by atoms with Crippen molar-refractivity contribution >= 4 is 27.8 Å². The number of carbonyl (C=O) groups excluding carboxylic acids is 2. The topological polar surface area (TPSA) is 46.6 Å². The molecule has 1 aliphatic rings. The number of esters is 1. The van der Waals surface area contributed by atoms with Crippen molar-refractivity contribution in [3.63, 3.8) is 0 Å². The van der Waals surface area contributed by atoms with Gasteiger partial charge in [0.25, 0.3) is 5.91 Å². The summed E-state index contributed by atoms with van der Waals surface area (Å²) in [5.41, 5.74) is 1.60. The van der Waals surface area contributed by atoms with Crippen LogP contribution < -0.4 is 0 Å². The first-order chi connectivity index (χ1) is 9.56. The zero-order chi connectivity index (χ0) is 14.7. The molecule has 1 aliphatic heterocycles. The molecule has 0 radical (unpaired) electrons. The van der Waals surface area contributed by atoms with Gasteiger partial charge in [-0.15, -0.1) is 0 Å². The van der Waals surface area contributed by atoms with Gasteiger partial charge in [0.1, 0.15) is 6.04 Å². The van der Waals surface area contributed by atoms with Crippen molar-refractivity contribution < 1.29 is 14.3 Å². The number of rotatable bonds is 2. The summed E-state index contributed by atoms with van der Waals surface area (Å²) in [5.74, 6) is -0.447. The van der Waals surface area contributed by atoms with Gasteiger partial charge in [-0.25, -0.2) is 4.79 Å². The fourth-order valence-corrected chi connectivity index (χ4v) is 2.96. The Hall–Kier alpha value is -1.36. The van der Waals surface area contributed by atoms with Crippen LogP contribution in [-0.2, 0) is 9.53 Å². The van der Waals surface area contributed by atoms with Crippen molar-refractivity contribution in [2.24, 2.45) is 0 Å². The van der Waals surface area contributed by atoms with Gasteiger partial charge in [0, 0.05) is 11.0 Å². The molecule has 0 bridgehead atoms. The molecule has 20 heavy (non-hydrogen) atoms. The Morgan fingerprint density at radius 2 is 2.10 bits per heavy atom. The molecule has 5 heteroatoms. The Kier molecular flexibility index (Phi) is 4.81. The number of halogens is 1. The predicted octanol–water partition coefficient (Wildman–Crippen LogP) is 2.93. The molecule has 1 amide bonds. The number of benzene rings is 1. The van der Waals surface area contributed by atoms with E-state index >= 15 is 0 Å². The van der Waals surface area contributed by atoms with Gasteiger partial charge in [-0.1, -0.05) is 12.1 Å². The molecule has 0 aliphatic carbocycles. The molecule has 1 unspecified atom stereocenters. The number of hydrogen-bond acceptors (Lipinski definition) is 3. The van der Waals surface area contributed by atoms with E-state index in [0.717, 1.165) is 22.9 Å². The Bertz CT molecular complexity index is 530. The third-order valence-electron chi connectivity index (χ3n) is 3.66. The fourth-order valence-electron chi connectivity index (χ4n) is 2.52. The third-order valence-corrected chi connectivity index (χ3v) is 4.71. The second-order valence-corrected chi connectivity index (χ2v) is 5.76. The van der Waals surface area contributed by atoms with E-state index in [1.54, 1.807) is 11.0 Å². The van der Waals surface area contributed by atoms with Gasteiger partial charge >= 0.3 is 5.97 Å². The normalized spacial score (nSPS) is 18.8. The molecule has 0 N–H and O–H groups in total. The lowest BCUT2D eigenvalue weighted by Gasteiger charge is -2.34. The smallest absolute Gasteiger partial charge is 0.328 e. The van der Waals surface area contributed by atoms with Crippen LogP contribution in [-0.4, -0.2) is 36.5 Å². The second-order valence-electron chi connectivity index (χ2n) is 4.97. The fraction of sp³-hybridized carbons (Fsp3) is 0.467. The highest BCUT2D eigenvalue weighted by molar-refractivity contribution is 9.10. The van der Waals surface area contributed by atoms with Crippen molar-refractivity contribution in [1.29, 1.82) is 0 Å². The molecule has 0 saturated carbocycles. The maximum absolute atomic E-state index is 12.7. The summed E-state index contributed by atoms with van der Waals surface area (Å²) >= 11 is 3.46. The Labute approximate surface area is 127 Å². The molecule has 1 aromatic carbocycles. The van der Waals surface area contributed by atoms with Crippen molar-refractivity contribution in [3.8, 4) is 0 Å². The first-order valence-corrected chi connectivity index (χ1v) is 7.49. The molecule has 1 atom stereocenters. The molecule has 1 heterocycles. The van der Waals surface area contributed by atoms with Crippen LogP contribution in [0, 0.1) is 6.92 Å². The summed E-state index contributed by atoms with van der Waals surface area (Å²) in [4.78, 5) is 26.2. The van der Waals surface area contributed by atoms with Crippen LogP contribution >= 0.6 is 15.9 Å². The number of aryl methyl sites for hydroxylation is 1. The van der Waals surface area contributed by atoms with Gasteiger partial charge in [0.15, 0.2) is 0 Å². The van der Waals surface area contributed by atoms with Crippen molar-refractivity contribution in [2.75, 3.05) is 13.7 Å². The molecule has 1 aromatic rings. The Balaban J connectivity index is 2.30. The second kappa shape index (κ2) is 6.39. The van der Waals surface area contributed by atoms with E-state index in [9.17, 15) is 9.59 Å². The zero-order valence-corrected chi connectivity index (χ0v) is 13.3. The van der Waals surface area contributed by atoms with E-state index in [2.05, 4.69) is 15.9 Å². The number of piperidine rings is 1. The predicted molar refractivity (Wildman–Crippen MR) is 79.6 cm³/mol. The molecular formula is C15H18BrNO3. The number of amides is 1. The van der Waals surface area contributed by atoms with E-state index in [1.165, 1.54) is 7.11 Å². The van der Waals surface area contributed by atoms with Crippen LogP contribution in [0.3, 0.4) is 0 Å². The Morgan fingerprint density at radius 1 is 1.35 bits per heavy atom. The highest BCUT2D eigenvalue weighted by Crippen LogP contribution is 2.26. The first kappa shape index (κ1) is 15.0. The average molecular weight is 340 g/mol.